The van der Waals surface area contributed by atoms with Gasteiger partial charge in [-0.15, -0.1) is 0 Å². The van der Waals surface area contributed by atoms with Crippen molar-refractivity contribution in [3.63, 3.8) is 0 Å². The molecule has 34 heavy (non-hydrogen) atoms. The molecule has 4 rings (SSSR count). The van der Waals surface area contributed by atoms with Crippen molar-refractivity contribution in [2.45, 2.75) is 4.90 Å². The van der Waals surface area contributed by atoms with Crippen molar-refractivity contribution in [1.29, 1.82) is 0 Å². The normalized spacial score (nSPS) is 12.5. The average Bonchev–Trinajstić information content (AvgIpc) is 3.31. The third kappa shape index (κ3) is 5.15. The van der Waals surface area contributed by atoms with Crippen LogP contribution in [-0.4, -0.2) is 41.0 Å². The molecule has 0 aromatic heterocycles. The first-order valence-electron chi connectivity index (χ1n) is 10.0. The SMILES string of the molecule is COc1ccc(Br)cc1S(=O)(=O)N(CC(=O)N/N=C\c1ccc2c(c1)OCO2)c1ccccc1. The first kappa shape index (κ1) is 23.6. The number of carbonyl (C=O) groups is 1. The van der Waals surface area contributed by atoms with Gasteiger partial charge in [-0.25, -0.2) is 13.8 Å². The van der Waals surface area contributed by atoms with Gasteiger partial charge in [0.05, 0.1) is 19.0 Å². The number of methoxy groups -OCH3 is 1. The summed E-state index contributed by atoms with van der Waals surface area (Å²) in [5, 5.41) is 3.94. The highest BCUT2D eigenvalue weighted by atomic mass is 79.9. The number of anilines is 1. The van der Waals surface area contributed by atoms with E-state index in [-0.39, 0.29) is 17.4 Å². The number of amides is 1. The molecule has 0 saturated heterocycles. The number of benzene rings is 3. The van der Waals surface area contributed by atoms with Crippen molar-refractivity contribution in [1.82, 2.24) is 5.43 Å². The van der Waals surface area contributed by atoms with Crippen molar-refractivity contribution < 1.29 is 27.4 Å². The molecule has 0 spiro atoms. The summed E-state index contributed by atoms with van der Waals surface area (Å²) in [5.41, 5.74) is 3.37. The lowest BCUT2D eigenvalue weighted by molar-refractivity contribution is -0.119. The van der Waals surface area contributed by atoms with Gasteiger partial charge in [0.2, 0.25) is 6.79 Å². The van der Waals surface area contributed by atoms with Gasteiger partial charge in [0.15, 0.2) is 11.5 Å². The molecule has 1 N–H and O–H groups in total. The fraction of sp³-hybridized carbons (Fsp3) is 0.130. The van der Waals surface area contributed by atoms with Gasteiger partial charge in [0.1, 0.15) is 17.2 Å². The quantitative estimate of drug-likeness (QED) is 0.342. The zero-order chi connectivity index (χ0) is 24.1. The van der Waals surface area contributed by atoms with E-state index in [0.29, 0.717) is 27.2 Å². The van der Waals surface area contributed by atoms with E-state index in [1.54, 1.807) is 54.6 Å². The molecule has 1 amide bonds. The fourth-order valence-electron chi connectivity index (χ4n) is 3.22. The molecule has 1 heterocycles. The van der Waals surface area contributed by atoms with E-state index in [1.165, 1.54) is 25.5 Å². The van der Waals surface area contributed by atoms with E-state index in [2.05, 4.69) is 26.5 Å². The number of nitrogens with zero attached hydrogens (tertiary/aromatic N) is 2. The van der Waals surface area contributed by atoms with Gasteiger partial charge in [-0.05, 0) is 54.1 Å². The largest absolute Gasteiger partial charge is 0.495 e. The van der Waals surface area contributed by atoms with E-state index >= 15 is 0 Å². The summed E-state index contributed by atoms with van der Waals surface area (Å²) in [7, 11) is -2.78. The number of nitrogens with one attached hydrogen (secondary N) is 1. The zero-order valence-electron chi connectivity index (χ0n) is 18.0. The Kier molecular flexibility index (Phi) is 7.03. The van der Waals surface area contributed by atoms with Gasteiger partial charge in [0, 0.05) is 4.47 Å². The molecule has 0 unspecified atom stereocenters. The molecule has 1 aliphatic rings. The number of rotatable bonds is 8. The van der Waals surface area contributed by atoms with E-state index in [1.807, 2.05) is 0 Å². The topological polar surface area (TPSA) is 107 Å². The van der Waals surface area contributed by atoms with Gasteiger partial charge >= 0.3 is 0 Å². The molecule has 0 saturated carbocycles. The molecule has 1 aliphatic heterocycles. The Morgan fingerprint density at radius 3 is 2.65 bits per heavy atom. The first-order valence-corrected chi connectivity index (χ1v) is 12.2. The zero-order valence-corrected chi connectivity index (χ0v) is 20.4. The van der Waals surface area contributed by atoms with E-state index in [9.17, 15) is 13.2 Å². The lowest BCUT2D eigenvalue weighted by atomic mass is 10.2. The Morgan fingerprint density at radius 2 is 1.88 bits per heavy atom. The number of sulfonamides is 1. The van der Waals surface area contributed by atoms with Crippen LogP contribution in [0.1, 0.15) is 5.56 Å². The highest BCUT2D eigenvalue weighted by Crippen LogP contribution is 2.33. The molecular weight excluding hydrogens is 526 g/mol. The van der Waals surface area contributed by atoms with Gasteiger partial charge in [-0.1, -0.05) is 34.1 Å². The van der Waals surface area contributed by atoms with Crippen LogP contribution in [0.25, 0.3) is 0 Å². The molecule has 0 aliphatic carbocycles. The van der Waals surface area contributed by atoms with Gasteiger partial charge in [-0.2, -0.15) is 5.10 Å². The Bertz CT molecular complexity index is 1330. The summed E-state index contributed by atoms with van der Waals surface area (Å²) in [6, 6.07) is 18.2. The number of carbonyl (C=O) groups excluding carboxylic acids is 1. The Hall–Kier alpha value is -3.57. The molecular formula is C23H20BrN3O6S. The summed E-state index contributed by atoms with van der Waals surface area (Å²) >= 11 is 3.30. The number of fused-ring (bicyclic) bond motifs is 1. The van der Waals surface area contributed by atoms with Crippen molar-refractivity contribution >= 4 is 43.8 Å². The minimum absolute atomic E-state index is 0.0788. The third-order valence-corrected chi connectivity index (χ3v) is 7.11. The van der Waals surface area contributed by atoms with Crippen LogP contribution in [0, 0.1) is 0 Å². The van der Waals surface area contributed by atoms with Crippen LogP contribution < -0.4 is 23.9 Å². The number of hydrogen-bond acceptors (Lipinski definition) is 7. The standard InChI is InChI=1S/C23H20BrN3O6S/c1-31-20-10-8-17(24)12-22(20)34(29,30)27(18-5-3-2-4-6-18)14-23(28)26-25-13-16-7-9-19-21(11-16)33-15-32-19/h2-13H,14-15H2,1H3,(H,26,28)/b25-13-. The molecule has 9 nitrogen and oxygen atoms in total. The monoisotopic (exact) mass is 545 g/mol. The fourth-order valence-corrected chi connectivity index (χ4v) is 5.34. The summed E-state index contributed by atoms with van der Waals surface area (Å²) in [6.07, 6.45) is 1.43. The summed E-state index contributed by atoms with van der Waals surface area (Å²) in [4.78, 5) is 12.6. The first-order chi connectivity index (χ1) is 16.4. The van der Waals surface area contributed by atoms with Gasteiger partial charge < -0.3 is 14.2 Å². The maximum absolute atomic E-state index is 13.6. The predicted octanol–water partition coefficient (Wildman–Crippen LogP) is 3.53. The summed E-state index contributed by atoms with van der Waals surface area (Å²) < 4.78 is 44.6. The number of para-hydroxylation sites is 1. The summed E-state index contributed by atoms with van der Waals surface area (Å²) in [6.45, 7) is -0.347. The Labute approximate surface area is 205 Å². The van der Waals surface area contributed by atoms with E-state index in [4.69, 9.17) is 14.2 Å². The minimum atomic E-state index is -4.16. The smallest absolute Gasteiger partial charge is 0.268 e. The van der Waals surface area contributed by atoms with Crippen LogP contribution in [0.15, 0.2) is 81.2 Å². The molecule has 0 fully saturated rings. The molecule has 176 valence electrons. The molecule has 3 aromatic carbocycles. The van der Waals surface area contributed by atoms with Crippen molar-refractivity contribution in [3.05, 3.63) is 76.8 Å². The van der Waals surface area contributed by atoms with Crippen molar-refractivity contribution in [2.24, 2.45) is 5.10 Å². The third-order valence-electron chi connectivity index (χ3n) is 4.82. The lowest BCUT2D eigenvalue weighted by Crippen LogP contribution is -2.39. The number of hydrazone groups is 1. The summed E-state index contributed by atoms with van der Waals surface area (Å²) in [5.74, 6) is 0.746. The molecule has 0 atom stereocenters. The molecule has 3 aromatic rings. The van der Waals surface area contributed by atoms with Crippen LogP contribution in [0.4, 0.5) is 5.69 Å². The van der Waals surface area contributed by atoms with Gasteiger partial charge in [0.25, 0.3) is 15.9 Å². The van der Waals surface area contributed by atoms with Gasteiger partial charge in [-0.3, -0.25) is 9.10 Å². The van der Waals surface area contributed by atoms with Crippen molar-refractivity contribution in [3.8, 4) is 17.2 Å². The second-order valence-corrected chi connectivity index (χ2v) is 9.79. The Morgan fingerprint density at radius 1 is 1.12 bits per heavy atom. The molecule has 11 heteroatoms. The number of ether oxygens (including phenoxy) is 3. The molecule has 0 bridgehead atoms. The highest BCUT2D eigenvalue weighted by molar-refractivity contribution is 9.10. The maximum atomic E-state index is 13.6. The maximum Gasteiger partial charge on any atom is 0.268 e. The Balaban J connectivity index is 1.56. The van der Waals surface area contributed by atoms with Crippen LogP contribution in [-0.2, 0) is 14.8 Å². The number of halogens is 1. The predicted molar refractivity (Wildman–Crippen MR) is 130 cm³/mol. The second-order valence-electron chi connectivity index (χ2n) is 7.05. The van der Waals surface area contributed by atoms with Crippen LogP contribution >= 0.6 is 15.9 Å². The lowest BCUT2D eigenvalue weighted by Gasteiger charge is -2.24. The second kappa shape index (κ2) is 10.1. The minimum Gasteiger partial charge on any atom is -0.495 e. The highest BCUT2D eigenvalue weighted by Gasteiger charge is 2.30. The number of hydrogen-bond donors (Lipinski definition) is 1. The van der Waals surface area contributed by atoms with E-state index < -0.39 is 22.5 Å². The van der Waals surface area contributed by atoms with Crippen LogP contribution in [0.3, 0.4) is 0 Å². The van der Waals surface area contributed by atoms with Crippen LogP contribution in [0.5, 0.6) is 17.2 Å². The average molecular weight is 546 g/mol. The molecule has 0 radical (unpaired) electrons. The van der Waals surface area contributed by atoms with E-state index in [0.717, 1.165) is 4.31 Å². The van der Waals surface area contributed by atoms with Crippen LogP contribution in [0.2, 0.25) is 0 Å². The van der Waals surface area contributed by atoms with Crippen molar-refractivity contribution in [2.75, 3.05) is 24.8 Å².